The lowest BCUT2D eigenvalue weighted by Crippen LogP contribution is -2.31. The Kier molecular flexibility index (Phi) is 4.71. The third-order valence-corrected chi connectivity index (χ3v) is 4.14. The summed E-state index contributed by atoms with van der Waals surface area (Å²) in [6.45, 7) is 4.72. The van der Waals surface area contributed by atoms with Gasteiger partial charge in [0.1, 0.15) is 0 Å². The van der Waals surface area contributed by atoms with Gasteiger partial charge in [-0.15, -0.1) is 0 Å². The van der Waals surface area contributed by atoms with E-state index in [-0.39, 0.29) is 6.10 Å². The van der Waals surface area contributed by atoms with Crippen LogP contribution in [-0.2, 0) is 9.47 Å². The molecule has 1 saturated carbocycles. The molecule has 1 saturated heterocycles. The number of nitrogens with one attached hydrogen (secondary N) is 1. The number of benzene rings is 1. The number of hydrogen-bond donors (Lipinski definition) is 1. The minimum absolute atomic E-state index is 0.166. The molecule has 3 rings (SSSR count). The summed E-state index contributed by atoms with van der Waals surface area (Å²) in [5.74, 6) is 0. The third kappa shape index (κ3) is 4.05. The smallest absolute Gasteiger partial charge is 0.0953 e. The fourth-order valence-electron chi connectivity index (χ4n) is 2.63. The van der Waals surface area contributed by atoms with Crippen LogP contribution in [0, 0.1) is 6.92 Å². The molecule has 0 bridgehead atoms. The minimum Gasteiger partial charge on any atom is -0.381 e. The Labute approximate surface area is 121 Å². The molecule has 1 unspecified atom stereocenters. The highest BCUT2D eigenvalue weighted by molar-refractivity contribution is 5.23. The standard InChI is InChI=1S/C17H25NO2/c1-13-2-4-14(5-3-13)17(12-18-15-6-7-15)20-16-8-10-19-11-9-16/h2-5,15-18H,6-12H2,1H3. The van der Waals surface area contributed by atoms with Crippen molar-refractivity contribution < 1.29 is 9.47 Å². The van der Waals surface area contributed by atoms with Crippen LogP contribution in [0.3, 0.4) is 0 Å². The second-order valence-electron chi connectivity index (χ2n) is 6.03. The molecule has 1 aromatic carbocycles. The van der Waals surface area contributed by atoms with Crippen molar-refractivity contribution in [3.63, 3.8) is 0 Å². The van der Waals surface area contributed by atoms with Gasteiger partial charge in [0.15, 0.2) is 0 Å². The van der Waals surface area contributed by atoms with Crippen LogP contribution >= 0.6 is 0 Å². The number of ether oxygens (including phenoxy) is 2. The molecule has 3 heteroatoms. The molecule has 3 nitrogen and oxygen atoms in total. The fraction of sp³-hybridized carbons (Fsp3) is 0.647. The minimum atomic E-state index is 0.166. The Balaban J connectivity index is 1.63. The second kappa shape index (κ2) is 6.70. The van der Waals surface area contributed by atoms with E-state index in [1.807, 2.05) is 0 Å². The lowest BCUT2D eigenvalue weighted by Gasteiger charge is -2.28. The Hall–Kier alpha value is -0.900. The maximum absolute atomic E-state index is 6.35. The lowest BCUT2D eigenvalue weighted by atomic mass is 10.1. The first-order chi connectivity index (χ1) is 9.81. The van der Waals surface area contributed by atoms with E-state index in [1.165, 1.54) is 24.0 Å². The maximum atomic E-state index is 6.35. The summed E-state index contributed by atoms with van der Waals surface area (Å²) in [6.07, 6.45) is 5.18. The molecular formula is C17H25NO2. The van der Waals surface area contributed by atoms with Gasteiger partial charge in [-0.1, -0.05) is 29.8 Å². The molecule has 1 atom stereocenters. The summed E-state index contributed by atoms with van der Waals surface area (Å²) in [5, 5.41) is 3.60. The summed E-state index contributed by atoms with van der Waals surface area (Å²) in [7, 11) is 0. The van der Waals surface area contributed by atoms with Crippen LogP contribution in [0.2, 0.25) is 0 Å². The van der Waals surface area contributed by atoms with Crippen molar-refractivity contribution in [1.29, 1.82) is 0 Å². The maximum Gasteiger partial charge on any atom is 0.0953 e. The van der Waals surface area contributed by atoms with E-state index >= 15 is 0 Å². The summed E-state index contributed by atoms with van der Waals surface area (Å²) in [5.41, 5.74) is 2.59. The van der Waals surface area contributed by atoms with Gasteiger partial charge in [0.25, 0.3) is 0 Å². The van der Waals surface area contributed by atoms with Crippen LogP contribution in [0.5, 0.6) is 0 Å². The van der Waals surface area contributed by atoms with Gasteiger partial charge in [-0.3, -0.25) is 0 Å². The first-order valence-electron chi connectivity index (χ1n) is 7.84. The molecule has 0 spiro atoms. The van der Waals surface area contributed by atoms with E-state index in [4.69, 9.17) is 9.47 Å². The second-order valence-corrected chi connectivity index (χ2v) is 6.03. The van der Waals surface area contributed by atoms with Crippen molar-refractivity contribution >= 4 is 0 Å². The van der Waals surface area contributed by atoms with Gasteiger partial charge in [0.2, 0.25) is 0 Å². The Bertz CT molecular complexity index is 408. The molecular weight excluding hydrogens is 250 g/mol. The zero-order valence-electron chi connectivity index (χ0n) is 12.3. The number of rotatable bonds is 6. The fourth-order valence-corrected chi connectivity index (χ4v) is 2.63. The number of aryl methyl sites for hydroxylation is 1. The highest BCUT2D eigenvalue weighted by Crippen LogP contribution is 2.25. The summed E-state index contributed by atoms with van der Waals surface area (Å²) in [4.78, 5) is 0. The van der Waals surface area contributed by atoms with Crippen molar-refractivity contribution in [1.82, 2.24) is 5.32 Å². The van der Waals surface area contributed by atoms with Crippen LogP contribution in [0.25, 0.3) is 0 Å². The molecule has 110 valence electrons. The molecule has 1 aliphatic heterocycles. The van der Waals surface area contributed by atoms with Crippen LogP contribution in [0.4, 0.5) is 0 Å². The van der Waals surface area contributed by atoms with Crippen molar-refractivity contribution in [2.24, 2.45) is 0 Å². The molecule has 0 aromatic heterocycles. The number of hydrogen-bond acceptors (Lipinski definition) is 3. The van der Waals surface area contributed by atoms with Crippen molar-refractivity contribution in [3.8, 4) is 0 Å². The van der Waals surface area contributed by atoms with E-state index in [1.54, 1.807) is 0 Å². The van der Waals surface area contributed by atoms with Gasteiger partial charge in [0.05, 0.1) is 12.2 Å². The van der Waals surface area contributed by atoms with Crippen molar-refractivity contribution in [3.05, 3.63) is 35.4 Å². The summed E-state index contributed by atoms with van der Waals surface area (Å²) < 4.78 is 11.8. The third-order valence-electron chi connectivity index (χ3n) is 4.14. The molecule has 1 N–H and O–H groups in total. The van der Waals surface area contributed by atoms with Gasteiger partial charge in [0, 0.05) is 25.8 Å². The van der Waals surface area contributed by atoms with Crippen LogP contribution < -0.4 is 5.32 Å². The van der Waals surface area contributed by atoms with Crippen LogP contribution in [0.15, 0.2) is 24.3 Å². The molecule has 0 amide bonds. The highest BCUT2D eigenvalue weighted by atomic mass is 16.5. The Morgan fingerprint density at radius 3 is 2.50 bits per heavy atom. The summed E-state index contributed by atoms with van der Waals surface area (Å²) >= 11 is 0. The van der Waals surface area contributed by atoms with Gasteiger partial charge in [-0.25, -0.2) is 0 Å². The molecule has 1 aromatic rings. The van der Waals surface area contributed by atoms with E-state index in [0.717, 1.165) is 38.6 Å². The lowest BCUT2D eigenvalue weighted by molar-refractivity contribution is -0.0690. The molecule has 2 aliphatic rings. The Morgan fingerprint density at radius 1 is 1.15 bits per heavy atom. The zero-order valence-corrected chi connectivity index (χ0v) is 12.3. The molecule has 20 heavy (non-hydrogen) atoms. The monoisotopic (exact) mass is 275 g/mol. The van der Waals surface area contributed by atoms with Crippen LogP contribution in [0.1, 0.15) is 42.9 Å². The van der Waals surface area contributed by atoms with Gasteiger partial charge in [-0.05, 0) is 38.2 Å². The largest absolute Gasteiger partial charge is 0.381 e. The van der Waals surface area contributed by atoms with Crippen LogP contribution in [-0.4, -0.2) is 31.9 Å². The molecule has 0 radical (unpaired) electrons. The van der Waals surface area contributed by atoms with E-state index < -0.39 is 0 Å². The quantitative estimate of drug-likeness (QED) is 0.866. The van der Waals surface area contributed by atoms with Crippen molar-refractivity contribution in [2.75, 3.05) is 19.8 Å². The average molecular weight is 275 g/mol. The molecule has 1 heterocycles. The predicted molar refractivity (Wildman–Crippen MR) is 79.9 cm³/mol. The SMILES string of the molecule is Cc1ccc(C(CNC2CC2)OC2CCOCC2)cc1. The van der Waals surface area contributed by atoms with E-state index in [9.17, 15) is 0 Å². The van der Waals surface area contributed by atoms with Gasteiger partial charge in [-0.2, -0.15) is 0 Å². The van der Waals surface area contributed by atoms with E-state index in [2.05, 4.69) is 36.5 Å². The average Bonchev–Trinajstić information content (AvgIpc) is 3.30. The first kappa shape index (κ1) is 14.1. The van der Waals surface area contributed by atoms with Crippen molar-refractivity contribution in [2.45, 2.75) is 50.9 Å². The van der Waals surface area contributed by atoms with E-state index in [0.29, 0.717) is 6.10 Å². The predicted octanol–water partition coefficient (Wildman–Crippen LogP) is 2.98. The Morgan fingerprint density at radius 2 is 1.85 bits per heavy atom. The molecule has 1 aliphatic carbocycles. The molecule has 2 fully saturated rings. The summed E-state index contributed by atoms with van der Waals surface area (Å²) in [6, 6.07) is 9.47. The normalized spacial score (nSPS) is 21.9. The zero-order chi connectivity index (χ0) is 13.8. The van der Waals surface area contributed by atoms with Gasteiger partial charge >= 0.3 is 0 Å². The topological polar surface area (TPSA) is 30.5 Å². The van der Waals surface area contributed by atoms with Gasteiger partial charge < -0.3 is 14.8 Å². The highest BCUT2D eigenvalue weighted by Gasteiger charge is 2.25. The first-order valence-corrected chi connectivity index (χ1v) is 7.84.